The maximum absolute atomic E-state index is 13.9. The molecule has 0 aromatic heterocycles. The second-order valence-electron chi connectivity index (χ2n) is 4.62. The molecule has 0 heterocycles. The number of phenolic OH excluding ortho intramolecular Hbond substituents is 1. The van der Waals surface area contributed by atoms with E-state index >= 15 is 0 Å². The zero-order chi connectivity index (χ0) is 14.7. The summed E-state index contributed by atoms with van der Waals surface area (Å²) in [5, 5.41) is 9.88. The summed E-state index contributed by atoms with van der Waals surface area (Å²) in [5.41, 5.74) is 0.876. The SMILES string of the molecule is CCN(c1ccccc1F)C(C)c1cc(F)ccc1O. The van der Waals surface area contributed by atoms with E-state index in [0.717, 1.165) is 0 Å². The molecule has 0 aliphatic rings. The normalized spacial score (nSPS) is 12.2. The Morgan fingerprint density at radius 1 is 1.15 bits per heavy atom. The Morgan fingerprint density at radius 3 is 2.50 bits per heavy atom. The Kier molecular flexibility index (Phi) is 4.23. The van der Waals surface area contributed by atoms with E-state index in [0.29, 0.717) is 17.8 Å². The van der Waals surface area contributed by atoms with Crippen molar-refractivity contribution in [2.75, 3.05) is 11.4 Å². The van der Waals surface area contributed by atoms with Gasteiger partial charge in [-0.1, -0.05) is 12.1 Å². The molecule has 1 N–H and O–H groups in total. The number of rotatable bonds is 4. The molecule has 1 unspecified atom stereocenters. The molecule has 4 heteroatoms. The lowest BCUT2D eigenvalue weighted by Crippen LogP contribution is -2.27. The fourth-order valence-corrected chi connectivity index (χ4v) is 2.37. The highest BCUT2D eigenvalue weighted by atomic mass is 19.1. The minimum absolute atomic E-state index is 0.00805. The third kappa shape index (κ3) is 2.74. The second-order valence-corrected chi connectivity index (χ2v) is 4.62. The van der Waals surface area contributed by atoms with Crippen LogP contribution in [0.5, 0.6) is 5.75 Å². The summed E-state index contributed by atoms with van der Waals surface area (Å²) in [5.74, 6) is -0.750. The molecule has 2 nitrogen and oxygen atoms in total. The summed E-state index contributed by atoms with van der Waals surface area (Å²) in [6.07, 6.45) is 0. The fraction of sp³-hybridized carbons (Fsp3) is 0.250. The summed E-state index contributed by atoms with van der Waals surface area (Å²) in [4.78, 5) is 1.78. The number of nitrogens with zero attached hydrogens (tertiary/aromatic N) is 1. The smallest absolute Gasteiger partial charge is 0.146 e. The zero-order valence-corrected chi connectivity index (χ0v) is 11.5. The highest BCUT2D eigenvalue weighted by molar-refractivity contribution is 5.51. The Morgan fingerprint density at radius 2 is 1.85 bits per heavy atom. The molecule has 0 fully saturated rings. The van der Waals surface area contributed by atoms with Crippen molar-refractivity contribution in [3.8, 4) is 5.75 Å². The molecule has 0 amide bonds. The van der Waals surface area contributed by atoms with Crippen LogP contribution in [0.1, 0.15) is 25.5 Å². The van der Waals surface area contributed by atoms with Crippen LogP contribution in [0.3, 0.4) is 0 Å². The maximum Gasteiger partial charge on any atom is 0.146 e. The van der Waals surface area contributed by atoms with Gasteiger partial charge in [0.05, 0.1) is 11.7 Å². The van der Waals surface area contributed by atoms with Crippen molar-refractivity contribution in [3.63, 3.8) is 0 Å². The first-order chi connectivity index (χ1) is 9.54. The molecule has 0 saturated carbocycles. The van der Waals surface area contributed by atoms with Gasteiger partial charge in [-0.15, -0.1) is 0 Å². The van der Waals surface area contributed by atoms with E-state index in [4.69, 9.17) is 0 Å². The number of halogens is 2. The molecule has 0 aliphatic carbocycles. The summed E-state index contributed by atoms with van der Waals surface area (Å²) >= 11 is 0. The molecular weight excluding hydrogens is 260 g/mol. The average molecular weight is 277 g/mol. The molecule has 2 aromatic carbocycles. The van der Waals surface area contributed by atoms with Crippen molar-refractivity contribution in [3.05, 3.63) is 59.7 Å². The zero-order valence-electron chi connectivity index (χ0n) is 11.5. The molecule has 1 atom stereocenters. The van der Waals surface area contributed by atoms with Crippen LogP contribution in [-0.2, 0) is 0 Å². The predicted octanol–water partition coefficient (Wildman–Crippen LogP) is 4.26. The Labute approximate surface area is 117 Å². The monoisotopic (exact) mass is 277 g/mol. The molecule has 0 aliphatic heterocycles. The predicted molar refractivity (Wildman–Crippen MR) is 75.9 cm³/mol. The third-order valence-electron chi connectivity index (χ3n) is 3.41. The minimum Gasteiger partial charge on any atom is -0.508 e. The van der Waals surface area contributed by atoms with Crippen LogP contribution in [0.2, 0.25) is 0 Å². The van der Waals surface area contributed by atoms with Crippen molar-refractivity contribution in [1.82, 2.24) is 0 Å². The second kappa shape index (κ2) is 5.90. The van der Waals surface area contributed by atoms with Crippen molar-refractivity contribution in [2.45, 2.75) is 19.9 Å². The van der Waals surface area contributed by atoms with Crippen LogP contribution in [0.15, 0.2) is 42.5 Å². The van der Waals surface area contributed by atoms with Crippen molar-refractivity contribution >= 4 is 5.69 Å². The van der Waals surface area contributed by atoms with E-state index in [1.54, 1.807) is 23.1 Å². The molecule has 106 valence electrons. The molecule has 0 spiro atoms. The van der Waals surface area contributed by atoms with Crippen molar-refractivity contribution in [2.24, 2.45) is 0 Å². The highest BCUT2D eigenvalue weighted by Gasteiger charge is 2.20. The Bertz CT molecular complexity index is 601. The average Bonchev–Trinajstić information content (AvgIpc) is 2.44. The molecule has 0 bridgehead atoms. The summed E-state index contributed by atoms with van der Waals surface area (Å²) in [7, 11) is 0. The van der Waals surface area contributed by atoms with Gasteiger partial charge in [-0.25, -0.2) is 8.78 Å². The third-order valence-corrected chi connectivity index (χ3v) is 3.41. The number of hydrogen-bond acceptors (Lipinski definition) is 2. The first kappa shape index (κ1) is 14.3. The topological polar surface area (TPSA) is 23.5 Å². The van der Waals surface area contributed by atoms with Crippen LogP contribution < -0.4 is 4.90 Å². The number of hydrogen-bond donors (Lipinski definition) is 1. The van der Waals surface area contributed by atoms with Gasteiger partial charge < -0.3 is 10.0 Å². The van der Waals surface area contributed by atoms with E-state index < -0.39 is 5.82 Å². The lowest BCUT2D eigenvalue weighted by molar-refractivity contribution is 0.457. The van der Waals surface area contributed by atoms with Crippen molar-refractivity contribution < 1.29 is 13.9 Å². The lowest BCUT2D eigenvalue weighted by Gasteiger charge is -2.31. The molecule has 20 heavy (non-hydrogen) atoms. The van der Waals surface area contributed by atoms with Gasteiger partial charge in [-0.3, -0.25) is 0 Å². The Balaban J connectivity index is 2.41. The van der Waals surface area contributed by atoms with Gasteiger partial charge in [0.15, 0.2) is 0 Å². The van der Waals surface area contributed by atoms with E-state index in [1.165, 1.54) is 24.3 Å². The highest BCUT2D eigenvalue weighted by Crippen LogP contribution is 2.33. The van der Waals surface area contributed by atoms with Crippen molar-refractivity contribution in [1.29, 1.82) is 0 Å². The van der Waals surface area contributed by atoms with E-state index in [2.05, 4.69) is 0 Å². The van der Waals surface area contributed by atoms with Gasteiger partial charge in [0.2, 0.25) is 0 Å². The summed E-state index contributed by atoms with van der Waals surface area (Å²) < 4.78 is 27.3. The molecule has 0 saturated heterocycles. The maximum atomic E-state index is 13.9. The number of phenols is 1. The van der Waals surface area contributed by atoms with Crippen LogP contribution in [0.4, 0.5) is 14.5 Å². The van der Waals surface area contributed by atoms with Gasteiger partial charge in [0.1, 0.15) is 17.4 Å². The largest absolute Gasteiger partial charge is 0.508 e. The van der Waals surface area contributed by atoms with Gasteiger partial charge in [0.25, 0.3) is 0 Å². The van der Waals surface area contributed by atoms with Crippen LogP contribution in [-0.4, -0.2) is 11.7 Å². The van der Waals surface area contributed by atoms with E-state index in [1.807, 2.05) is 13.8 Å². The summed E-state index contributed by atoms with van der Waals surface area (Å²) in [6, 6.07) is 9.88. The van der Waals surface area contributed by atoms with E-state index in [9.17, 15) is 13.9 Å². The standard InChI is InChI=1S/C16H17F2NO/c1-3-19(15-7-5-4-6-14(15)18)11(2)13-10-12(17)8-9-16(13)20/h4-11,20H,3H2,1-2H3. The Hall–Kier alpha value is -2.10. The quantitative estimate of drug-likeness (QED) is 0.902. The van der Waals surface area contributed by atoms with Crippen LogP contribution in [0, 0.1) is 11.6 Å². The van der Waals surface area contributed by atoms with E-state index in [-0.39, 0.29) is 17.6 Å². The number of aromatic hydroxyl groups is 1. The number of anilines is 1. The number of para-hydroxylation sites is 1. The molecule has 2 aromatic rings. The molecule has 0 radical (unpaired) electrons. The molecule has 2 rings (SSSR count). The first-order valence-electron chi connectivity index (χ1n) is 6.54. The van der Waals surface area contributed by atoms with Crippen LogP contribution >= 0.6 is 0 Å². The van der Waals surface area contributed by atoms with Gasteiger partial charge in [-0.2, -0.15) is 0 Å². The first-order valence-corrected chi connectivity index (χ1v) is 6.54. The minimum atomic E-state index is -0.422. The van der Waals surface area contributed by atoms with Gasteiger partial charge >= 0.3 is 0 Å². The molecular formula is C16H17F2NO. The van der Waals surface area contributed by atoms with Gasteiger partial charge in [0, 0.05) is 12.1 Å². The van der Waals surface area contributed by atoms with Crippen LogP contribution in [0.25, 0.3) is 0 Å². The number of benzene rings is 2. The van der Waals surface area contributed by atoms with Gasteiger partial charge in [-0.05, 0) is 44.2 Å². The lowest BCUT2D eigenvalue weighted by atomic mass is 10.0. The summed E-state index contributed by atoms with van der Waals surface area (Å²) in [6.45, 7) is 4.24. The fourth-order valence-electron chi connectivity index (χ4n) is 2.37.